The molecule has 1 aliphatic carbocycles. The molecule has 0 aromatic rings. The highest BCUT2D eigenvalue weighted by Crippen LogP contribution is 2.45. The summed E-state index contributed by atoms with van der Waals surface area (Å²) >= 11 is 0. The van der Waals surface area contributed by atoms with Gasteiger partial charge in [0.1, 0.15) is 17.2 Å². The Kier molecular flexibility index (Phi) is 5.44. The number of hydrogen-bond acceptors (Lipinski definition) is 5. The molecule has 140 valence electrons. The van der Waals surface area contributed by atoms with E-state index >= 15 is 0 Å². The lowest BCUT2D eigenvalue weighted by Gasteiger charge is -2.29. The van der Waals surface area contributed by atoms with Crippen LogP contribution in [0.5, 0.6) is 0 Å². The van der Waals surface area contributed by atoms with E-state index in [1.807, 2.05) is 0 Å². The molecule has 1 saturated heterocycles. The Labute approximate surface area is 148 Å². The molecule has 7 heteroatoms. The average molecular weight is 352 g/mol. The quantitative estimate of drug-likeness (QED) is 0.604. The van der Waals surface area contributed by atoms with Crippen LogP contribution in [0.3, 0.4) is 0 Å². The Morgan fingerprint density at radius 2 is 2.04 bits per heavy atom. The van der Waals surface area contributed by atoms with Crippen LogP contribution in [0.4, 0.5) is 4.79 Å². The maximum atomic E-state index is 12.7. The molecule has 7 nitrogen and oxygen atoms in total. The summed E-state index contributed by atoms with van der Waals surface area (Å²) in [4.78, 5) is 38.8. The summed E-state index contributed by atoms with van der Waals surface area (Å²) in [6.07, 6.45) is 2.88. The minimum Gasteiger partial charge on any atom is -0.464 e. The standard InChI is InChI=1S/C18H28N2O5/c1-6-12-11-18(12,15(22)24-7-2)19-14(21)13-9-8-10-20(13)16(23)25-17(3,4)5/h6,12-13H,1,7-11H2,2-5H3,(H,19,21). The number of nitrogens with one attached hydrogen (secondary N) is 1. The topological polar surface area (TPSA) is 84.9 Å². The zero-order chi connectivity index (χ0) is 18.8. The fourth-order valence-electron chi connectivity index (χ4n) is 3.14. The van der Waals surface area contributed by atoms with Gasteiger partial charge in [0.25, 0.3) is 0 Å². The molecule has 3 atom stereocenters. The van der Waals surface area contributed by atoms with Crippen molar-refractivity contribution in [2.24, 2.45) is 5.92 Å². The number of carbonyl (C=O) groups is 3. The van der Waals surface area contributed by atoms with Crippen molar-refractivity contribution in [3.63, 3.8) is 0 Å². The summed E-state index contributed by atoms with van der Waals surface area (Å²) in [6, 6.07) is -0.632. The van der Waals surface area contributed by atoms with Crippen LogP contribution in [0.15, 0.2) is 12.7 Å². The SMILES string of the molecule is C=CC1CC1(NC(=O)C1CCCN1C(=O)OC(C)(C)C)C(=O)OCC. The summed E-state index contributed by atoms with van der Waals surface area (Å²) < 4.78 is 10.5. The molecule has 0 aromatic carbocycles. The summed E-state index contributed by atoms with van der Waals surface area (Å²) in [6.45, 7) is 11.5. The number of carbonyl (C=O) groups excluding carboxylic acids is 3. The molecule has 25 heavy (non-hydrogen) atoms. The van der Waals surface area contributed by atoms with Gasteiger partial charge in [-0.05, 0) is 47.0 Å². The second-order valence-corrected chi connectivity index (χ2v) is 7.56. The van der Waals surface area contributed by atoms with Gasteiger partial charge < -0.3 is 14.8 Å². The largest absolute Gasteiger partial charge is 0.464 e. The second-order valence-electron chi connectivity index (χ2n) is 7.56. The van der Waals surface area contributed by atoms with Gasteiger partial charge in [0, 0.05) is 12.5 Å². The minimum absolute atomic E-state index is 0.146. The Hall–Kier alpha value is -2.05. The lowest BCUT2D eigenvalue weighted by molar-refractivity contribution is -0.149. The molecule has 1 saturated carbocycles. The lowest BCUT2D eigenvalue weighted by atomic mass is 10.1. The third kappa shape index (κ3) is 4.14. The third-order valence-electron chi connectivity index (χ3n) is 4.47. The molecule has 1 N–H and O–H groups in total. The molecule has 3 unspecified atom stereocenters. The van der Waals surface area contributed by atoms with E-state index in [1.165, 1.54) is 4.90 Å². The minimum atomic E-state index is -1.04. The average Bonchev–Trinajstić information content (AvgIpc) is 3.00. The van der Waals surface area contributed by atoms with Crippen LogP contribution in [-0.2, 0) is 19.1 Å². The summed E-state index contributed by atoms with van der Waals surface area (Å²) in [7, 11) is 0. The Morgan fingerprint density at radius 3 is 2.56 bits per heavy atom. The Balaban J connectivity index is 2.07. The van der Waals surface area contributed by atoms with Gasteiger partial charge in [-0.15, -0.1) is 6.58 Å². The van der Waals surface area contributed by atoms with E-state index in [9.17, 15) is 14.4 Å². The molecule has 2 rings (SSSR count). The van der Waals surface area contributed by atoms with E-state index in [2.05, 4.69) is 11.9 Å². The fraction of sp³-hybridized carbons (Fsp3) is 0.722. The molecule has 2 amide bonds. The van der Waals surface area contributed by atoms with Gasteiger partial charge >= 0.3 is 12.1 Å². The maximum Gasteiger partial charge on any atom is 0.410 e. The van der Waals surface area contributed by atoms with E-state index in [0.717, 1.165) is 0 Å². The van der Waals surface area contributed by atoms with Gasteiger partial charge in [-0.3, -0.25) is 9.69 Å². The number of amides is 2. The predicted molar refractivity (Wildman–Crippen MR) is 91.8 cm³/mol. The van der Waals surface area contributed by atoms with Crippen molar-refractivity contribution in [2.75, 3.05) is 13.2 Å². The zero-order valence-electron chi connectivity index (χ0n) is 15.5. The van der Waals surface area contributed by atoms with Crippen molar-refractivity contribution in [2.45, 2.75) is 64.1 Å². The van der Waals surface area contributed by atoms with Crippen LogP contribution in [0, 0.1) is 5.92 Å². The second kappa shape index (κ2) is 7.06. The first kappa shape index (κ1) is 19.3. The van der Waals surface area contributed by atoms with Crippen LogP contribution in [0.2, 0.25) is 0 Å². The normalized spacial score (nSPS) is 28.2. The van der Waals surface area contributed by atoms with Crippen molar-refractivity contribution >= 4 is 18.0 Å². The van der Waals surface area contributed by atoms with Gasteiger partial charge in [-0.1, -0.05) is 6.08 Å². The highest BCUT2D eigenvalue weighted by molar-refractivity contribution is 5.94. The van der Waals surface area contributed by atoms with Crippen LogP contribution in [0.25, 0.3) is 0 Å². The summed E-state index contributed by atoms with van der Waals surface area (Å²) in [5.74, 6) is -0.942. The molecule has 0 radical (unpaired) electrons. The van der Waals surface area contributed by atoms with E-state index in [4.69, 9.17) is 9.47 Å². The smallest absolute Gasteiger partial charge is 0.410 e. The summed E-state index contributed by atoms with van der Waals surface area (Å²) in [5, 5.41) is 2.81. The number of hydrogen-bond donors (Lipinski definition) is 1. The van der Waals surface area contributed by atoms with Gasteiger partial charge in [-0.2, -0.15) is 0 Å². The van der Waals surface area contributed by atoms with Crippen LogP contribution >= 0.6 is 0 Å². The molecular formula is C18H28N2O5. The van der Waals surface area contributed by atoms with Crippen molar-refractivity contribution < 1.29 is 23.9 Å². The first-order valence-electron chi connectivity index (χ1n) is 8.76. The molecule has 1 heterocycles. The van der Waals surface area contributed by atoms with E-state index in [-0.39, 0.29) is 18.4 Å². The number of ether oxygens (including phenoxy) is 2. The lowest BCUT2D eigenvalue weighted by Crippen LogP contribution is -2.53. The number of esters is 1. The molecule has 0 spiro atoms. The maximum absolute atomic E-state index is 12.7. The first-order chi connectivity index (χ1) is 11.6. The van der Waals surface area contributed by atoms with Crippen molar-refractivity contribution in [3.8, 4) is 0 Å². The van der Waals surface area contributed by atoms with Gasteiger partial charge in [-0.25, -0.2) is 9.59 Å². The number of likely N-dealkylation sites (tertiary alicyclic amines) is 1. The molecule has 1 aliphatic heterocycles. The van der Waals surface area contributed by atoms with Crippen LogP contribution < -0.4 is 5.32 Å². The Morgan fingerprint density at radius 1 is 1.36 bits per heavy atom. The van der Waals surface area contributed by atoms with Crippen molar-refractivity contribution in [1.29, 1.82) is 0 Å². The molecule has 2 fully saturated rings. The van der Waals surface area contributed by atoms with E-state index in [0.29, 0.717) is 25.8 Å². The molecule has 0 bridgehead atoms. The Bertz CT molecular complexity index is 568. The van der Waals surface area contributed by atoms with E-state index < -0.39 is 29.2 Å². The highest BCUT2D eigenvalue weighted by atomic mass is 16.6. The van der Waals surface area contributed by atoms with Crippen LogP contribution in [-0.4, -0.2) is 53.2 Å². The zero-order valence-corrected chi connectivity index (χ0v) is 15.5. The fourth-order valence-corrected chi connectivity index (χ4v) is 3.14. The predicted octanol–water partition coefficient (Wildman–Crippen LogP) is 2.01. The summed E-state index contributed by atoms with van der Waals surface area (Å²) in [5.41, 5.74) is -1.67. The van der Waals surface area contributed by atoms with Crippen molar-refractivity contribution in [3.05, 3.63) is 12.7 Å². The monoisotopic (exact) mass is 352 g/mol. The van der Waals surface area contributed by atoms with Gasteiger partial charge in [0.05, 0.1) is 6.61 Å². The van der Waals surface area contributed by atoms with Crippen molar-refractivity contribution in [1.82, 2.24) is 10.2 Å². The third-order valence-corrected chi connectivity index (χ3v) is 4.47. The van der Waals surface area contributed by atoms with Crippen LogP contribution in [0.1, 0.15) is 47.0 Å². The molecule has 2 aliphatic rings. The highest BCUT2D eigenvalue weighted by Gasteiger charge is 2.61. The first-order valence-corrected chi connectivity index (χ1v) is 8.76. The van der Waals surface area contributed by atoms with E-state index in [1.54, 1.807) is 33.8 Å². The van der Waals surface area contributed by atoms with Gasteiger partial charge in [0.2, 0.25) is 5.91 Å². The molecule has 0 aromatic heterocycles. The molecular weight excluding hydrogens is 324 g/mol. The number of rotatable bonds is 5. The number of nitrogens with zero attached hydrogens (tertiary/aromatic N) is 1. The van der Waals surface area contributed by atoms with Gasteiger partial charge in [0.15, 0.2) is 0 Å².